The highest BCUT2D eigenvalue weighted by Crippen LogP contribution is 2.19. The van der Waals surface area contributed by atoms with E-state index in [1.54, 1.807) is 31.0 Å². The fourth-order valence-corrected chi connectivity index (χ4v) is 1.27. The first-order chi connectivity index (χ1) is 6.86. The number of anilines is 1. The predicted molar refractivity (Wildman–Crippen MR) is 55.3 cm³/mol. The summed E-state index contributed by atoms with van der Waals surface area (Å²) in [4.78, 5) is 3.98. The molecule has 1 N–H and O–H groups in total. The van der Waals surface area contributed by atoms with Crippen LogP contribution < -0.4 is 5.32 Å². The molecule has 0 radical (unpaired) electrons. The third-order valence-corrected chi connectivity index (χ3v) is 2.16. The Balaban J connectivity index is 2.02. The summed E-state index contributed by atoms with van der Waals surface area (Å²) >= 11 is 5.94. The van der Waals surface area contributed by atoms with E-state index in [0.717, 1.165) is 11.3 Å². The predicted octanol–water partition coefficient (Wildman–Crippen LogP) is 2.94. The number of rotatable bonds is 3. The minimum absolute atomic E-state index is 0.670. The molecule has 0 unspecified atom stereocenters. The summed E-state index contributed by atoms with van der Waals surface area (Å²) in [5.74, 6) is 0. The molecule has 0 aromatic carbocycles. The van der Waals surface area contributed by atoms with E-state index in [-0.39, 0.29) is 0 Å². The van der Waals surface area contributed by atoms with Gasteiger partial charge in [-0.3, -0.25) is 4.98 Å². The summed E-state index contributed by atoms with van der Waals surface area (Å²) in [6, 6.07) is 3.65. The summed E-state index contributed by atoms with van der Waals surface area (Å²) in [5.41, 5.74) is 1.90. The molecule has 0 fully saturated rings. The van der Waals surface area contributed by atoms with Crippen molar-refractivity contribution in [3.8, 4) is 0 Å². The molecular weight excluding hydrogens is 200 g/mol. The zero-order chi connectivity index (χ0) is 9.80. The Kier molecular flexibility index (Phi) is 2.70. The fourth-order valence-electron chi connectivity index (χ4n) is 1.10. The van der Waals surface area contributed by atoms with Crippen molar-refractivity contribution in [3.63, 3.8) is 0 Å². The van der Waals surface area contributed by atoms with E-state index >= 15 is 0 Å². The molecule has 2 aromatic heterocycles. The maximum Gasteiger partial charge on any atom is 0.0952 e. The molecule has 2 aromatic rings. The van der Waals surface area contributed by atoms with Gasteiger partial charge < -0.3 is 9.73 Å². The first-order valence-corrected chi connectivity index (χ1v) is 4.58. The first kappa shape index (κ1) is 9.09. The van der Waals surface area contributed by atoms with Crippen LogP contribution in [0.3, 0.4) is 0 Å². The summed E-state index contributed by atoms with van der Waals surface area (Å²) in [6.07, 6.45) is 6.69. The van der Waals surface area contributed by atoms with E-state index in [9.17, 15) is 0 Å². The number of hydrogen-bond donors (Lipinski definition) is 1. The van der Waals surface area contributed by atoms with Crippen LogP contribution in [-0.2, 0) is 6.54 Å². The number of aromatic nitrogens is 1. The highest BCUT2D eigenvalue weighted by Gasteiger charge is 1.99. The van der Waals surface area contributed by atoms with Crippen LogP contribution in [0.1, 0.15) is 5.56 Å². The van der Waals surface area contributed by atoms with Gasteiger partial charge in [0.1, 0.15) is 0 Å². The van der Waals surface area contributed by atoms with Gasteiger partial charge in [-0.25, -0.2) is 0 Å². The van der Waals surface area contributed by atoms with Crippen molar-refractivity contribution in [2.75, 3.05) is 5.32 Å². The average molecular weight is 209 g/mol. The van der Waals surface area contributed by atoms with E-state index in [0.29, 0.717) is 11.6 Å². The SMILES string of the molecule is Clc1ccncc1NCc1ccoc1. The molecule has 14 heavy (non-hydrogen) atoms. The first-order valence-electron chi connectivity index (χ1n) is 4.21. The Morgan fingerprint density at radius 2 is 2.36 bits per heavy atom. The Bertz CT molecular complexity index is 400. The number of pyridine rings is 1. The molecular formula is C10H9ClN2O. The lowest BCUT2D eigenvalue weighted by Crippen LogP contribution is -1.98. The molecule has 2 rings (SSSR count). The molecule has 2 heterocycles. The molecule has 0 saturated carbocycles. The fraction of sp³-hybridized carbons (Fsp3) is 0.100. The third-order valence-electron chi connectivity index (χ3n) is 1.83. The van der Waals surface area contributed by atoms with E-state index < -0.39 is 0 Å². The number of hydrogen-bond acceptors (Lipinski definition) is 3. The Hall–Kier alpha value is -1.48. The van der Waals surface area contributed by atoms with Gasteiger partial charge in [0.25, 0.3) is 0 Å². The normalized spacial score (nSPS) is 10.1. The van der Waals surface area contributed by atoms with Gasteiger partial charge in [0.15, 0.2) is 0 Å². The van der Waals surface area contributed by atoms with Crippen molar-refractivity contribution < 1.29 is 4.42 Å². The molecule has 72 valence electrons. The highest BCUT2D eigenvalue weighted by atomic mass is 35.5. The lowest BCUT2D eigenvalue weighted by Gasteiger charge is -2.05. The van der Waals surface area contributed by atoms with Crippen molar-refractivity contribution >= 4 is 17.3 Å². The molecule has 0 aliphatic rings. The largest absolute Gasteiger partial charge is 0.472 e. The Morgan fingerprint density at radius 3 is 3.07 bits per heavy atom. The number of halogens is 1. The molecule has 0 atom stereocenters. The molecule has 0 aliphatic heterocycles. The van der Waals surface area contributed by atoms with Gasteiger partial charge in [0.2, 0.25) is 0 Å². The van der Waals surface area contributed by atoms with Crippen molar-refractivity contribution in [3.05, 3.63) is 47.6 Å². The number of nitrogens with zero attached hydrogens (tertiary/aromatic N) is 1. The van der Waals surface area contributed by atoms with Gasteiger partial charge in [0.05, 0.1) is 29.4 Å². The van der Waals surface area contributed by atoms with E-state index in [1.165, 1.54) is 0 Å². The van der Waals surface area contributed by atoms with E-state index in [2.05, 4.69) is 10.3 Å². The number of furan rings is 1. The minimum atomic E-state index is 0.670. The zero-order valence-corrected chi connectivity index (χ0v) is 8.16. The molecule has 4 heteroatoms. The Labute approximate surface area is 86.7 Å². The van der Waals surface area contributed by atoms with Crippen LogP contribution in [0.2, 0.25) is 5.02 Å². The summed E-state index contributed by atoms with van der Waals surface area (Å²) < 4.78 is 4.94. The monoisotopic (exact) mass is 208 g/mol. The van der Waals surface area contributed by atoms with Gasteiger partial charge >= 0.3 is 0 Å². The van der Waals surface area contributed by atoms with Gasteiger partial charge in [-0.2, -0.15) is 0 Å². The van der Waals surface area contributed by atoms with Crippen LogP contribution >= 0.6 is 11.6 Å². The van der Waals surface area contributed by atoms with Gasteiger partial charge in [-0.05, 0) is 12.1 Å². The highest BCUT2D eigenvalue weighted by molar-refractivity contribution is 6.33. The lowest BCUT2D eigenvalue weighted by atomic mass is 10.3. The minimum Gasteiger partial charge on any atom is -0.472 e. The topological polar surface area (TPSA) is 38.1 Å². The molecule has 0 bridgehead atoms. The molecule has 0 saturated heterocycles. The van der Waals surface area contributed by atoms with E-state index in [4.69, 9.17) is 16.0 Å². The molecule has 3 nitrogen and oxygen atoms in total. The Morgan fingerprint density at radius 1 is 1.43 bits per heavy atom. The maximum atomic E-state index is 5.94. The van der Waals surface area contributed by atoms with Crippen molar-refractivity contribution in [1.82, 2.24) is 4.98 Å². The average Bonchev–Trinajstić information content (AvgIpc) is 2.69. The second kappa shape index (κ2) is 4.15. The van der Waals surface area contributed by atoms with Crippen molar-refractivity contribution in [1.29, 1.82) is 0 Å². The van der Waals surface area contributed by atoms with Crippen LogP contribution in [0.5, 0.6) is 0 Å². The zero-order valence-electron chi connectivity index (χ0n) is 7.40. The second-order valence-electron chi connectivity index (χ2n) is 2.84. The smallest absolute Gasteiger partial charge is 0.0952 e. The van der Waals surface area contributed by atoms with Crippen molar-refractivity contribution in [2.45, 2.75) is 6.54 Å². The lowest BCUT2D eigenvalue weighted by molar-refractivity contribution is 0.564. The van der Waals surface area contributed by atoms with Gasteiger partial charge in [0, 0.05) is 18.3 Å². The number of nitrogens with one attached hydrogen (secondary N) is 1. The maximum absolute atomic E-state index is 5.94. The van der Waals surface area contributed by atoms with Crippen LogP contribution in [-0.4, -0.2) is 4.98 Å². The molecule has 0 spiro atoms. The summed E-state index contributed by atoms with van der Waals surface area (Å²) in [7, 11) is 0. The van der Waals surface area contributed by atoms with Gasteiger partial charge in [-0.15, -0.1) is 0 Å². The second-order valence-corrected chi connectivity index (χ2v) is 3.25. The summed E-state index contributed by atoms with van der Waals surface area (Å²) in [6.45, 7) is 0.682. The molecule has 0 aliphatic carbocycles. The quantitative estimate of drug-likeness (QED) is 0.843. The van der Waals surface area contributed by atoms with E-state index in [1.807, 2.05) is 6.07 Å². The van der Waals surface area contributed by atoms with Gasteiger partial charge in [-0.1, -0.05) is 11.6 Å². The van der Waals surface area contributed by atoms with Crippen LogP contribution in [0, 0.1) is 0 Å². The van der Waals surface area contributed by atoms with Crippen LogP contribution in [0.15, 0.2) is 41.5 Å². The van der Waals surface area contributed by atoms with Crippen LogP contribution in [0.4, 0.5) is 5.69 Å². The van der Waals surface area contributed by atoms with Crippen LogP contribution in [0.25, 0.3) is 0 Å². The van der Waals surface area contributed by atoms with Crippen molar-refractivity contribution in [2.24, 2.45) is 0 Å². The summed E-state index contributed by atoms with van der Waals surface area (Å²) in [5, 5.41) is 3.83. The standard InChI is InChI=1S/C10H9ClN2O/c11-9-1-3-12-6-10(9)13-5-8-2-4-14-7-8/h1-4,6-7,13H,5H2. The third kappa shape index (κ3) is 2.06. The molecule has 0 amide bonds.